The van der Waals surface area contributed by atoms with Crippen LogP contribution in [0, 0.1) is 11.8 Å². The first-order valence-electron chi connectivity index (χ1n) is 9.15. The van der Waals surface area contributed by atoms with E-state index in [1.54, 1.807) is 0 Å². The minimum absolute atomic E-state index is 0.142. The Kier molecular flexibility index (Phi) is 5.14. The van der Waals surface area contributed by atoms with E-state index in [4.69, 9.17) is 4.74 Å². The molecule has 2 fully saturated rings. The molecule has 1 amide bonds. The number of benzene rings is 1. The minimum atomic E-state index is -0.409. The molecule has 2 aliphatic heterocycles. The van der Waals surface area contributed by atoms with E-state index >= 15 is 0 Å². The van der Waals surface area contributed by atoms with Gasteiger partial charge in [-0.3, -0.25) is 4.90 Å². The van der Waals surface area contributed by atoms with Gasteiger partial charge in [0.05, 0.1) is 0 Å². The second-order valence-electron chi connectivity index (χ2n) is 8.24. The van der Waals surface area contributed by atoms with Gasteiger partial charge in [0, 0.05) is 19.6 Å². The van der Waals surface area contributed by atoms with Crippen LogP contribution in [-0.4, -0.2) is 47.7 Å². The summed E-state index contributed by atoms with van der Waals surface area (Å²) in [6.07, 6.45) is 2.21. The van der Waals surface area contributed by atoms with Gasteiger partial charge in [-0.15, -0.1) is 0 Å². The third kappa shape index (κ3) is 4.50. The van der Waals surface area contributed by atoms with Crippen LogP contribution in [0.15, 0.2) is 30.3 Å². The van der Waals surface area contributed by atoms with Gasteiger partial charge in [-0.25, -0.2) is 4.79 Å². The van der Waals surface area contributed by atoms with Crippen LogP contribution in [0.2, 0.25) is 0 Å². The summed E-state index contributed by atoms with van der Waals surface area (Å²) in [5, 5.41) is 0. The van der Waals surface area contributed by atoms with E-state index < -0.39 is 5.60 Å². The van der Waals surface area contributed by atoms with Crippen LogP contribution in [0.4, 0.5) is 4.79 Å². The number of carbonyl (C=O) groups excluding carboxylic acids is 1. The van der Waals surface area contributed by atoms with Crippen molar-refractivity contribution in [3.8, 4) is 0 Å². The van der Waals surface area contributed by atoms with Crippen molar-refractivity contribution < 1.29 is 9.53 Å². The van der Waals surface area contributed by atoms with Crippen molar-refractivity contribution in [1.29, 1.82) is 0 Å². The van der Waals surface area contributed by atoms with E-state index in [9.17, 15) is 4.79 Å². The molecule has 0 spiro atoms. The number of hydrogen-bond donors (Lipinski definition) is 0. The number of ether oxygens (including phenoxy) is 1. The molecule has 2 heterocycles. The first-order chi connectivity index (χ1) is 11.4. The lowest BCUT2D eigenvalue weighted by molar-refractivity contribution is 0.0280. The van der Waals surface area contributed by atoms with Crippen LogP contribution in [0.25, 0.3) is 0 Å². The molecule has 0 aromatic heterocycles. The predicted octanol–water partition coefficient (Wildman–Crippen LogP) is 3.77. The lowest BCUT2D eigenvalue weighted by atomic mass is 9.92. The van der Waals surface area contributed by atoms with Crippen molar-refractivity contribution in [2.75, 3.05) is 26.2 Å². The number of amides is 1. The maximum atomic E-state index is 12.3. The first-order valence-corrected chi connectivity index (χ1v) is 9.15. The molecule has 4 heteroatoms. The minimum Gasteiger partial charge on any atom is -0.444 e. The number of nitrogens with zero attached hydrogens (tertiary/aromatic N) is 2. The lowest BCUT2D eigenvalue weighted by Crippen LogP contribution is -2.36. The molecule has 2 atom stereocenters. The van der Waals surface area contributed by atoms with E-state index in [2.05, 4.69) is 35.2 Å². The molecule has 0 saturated carbocycles. The lowest BCUT2D eigenvalue weighted by Gasteiger charge is -2.25. The fourth-order valence-electron chi connectivity index (χ4n) is 3.88. The molecule has 2 aliphatic rings. The van der Waals surface area contributed by atoms with E-state index in [0.29, 0.717) is 11.8 Å². The van der Waals surface area contributed by atoms with Crippen molar-refractivity contribution >= 4 is 6.09 Å². The number of carbonyl (C=O) groups is 1. The Morgan fingerprint density at radius 2 is 1.67 bits per heavy atom. The largest absolute Gasteiger partial charge is 0.444 e. The Morgan fingerprint density at radius 3 is 2.21 bits per heavy atom. The highest BCUT2D eigenvalue weighted by Gasteiger charge is 2.38. The molecule has 1 aromatic carbocycles. The molecule has 4 nitrogen and oxygen atoms in total. The van der Waals surface area contributed by atoms with Crippen molar-refractivity contribution in [2.45, 2.75) is 45.8 Å². The molecular weight excluding hydrogens is 300 g/mol. The van der Waals surface area contributed by atoms with Gasteiger partial charge in [-0.05, 0) is 64.1 Å². The summed E-state index contributed by atoms with van der Waals surface area (Å²) in [4.78, 5) is 16.8. The summed E-state index contributed by atoms with van der Waals surface area (Å²) in [6, 6.07) is 10.7. The van der Waals surface area contributed by atoms with Crippen LogP contribution >= 0.6 is 0 Å². The molecule has 0 N–H and O–H groups in total. The summed E-state index contributed by atoms with van der Waals surface area (Å²) in [6.45, 7) is 10.8. The standard InChI is InChI=1S/C20H30N2O2/c1-20(2,3)24-19(23)22-14-17-9-11-21(12-10-18(17)15-22)13-16-7-5-4-6-8-16/h4-8,17-18H,9-15H2,1-3H3/t17-,18+. The van der Waals surface area contributed by atoms with Crippen LogP contribution in [0.1, 0.15) is 39.2 Å². The third-order valence-corrected chi connectivity index (χ3v) is 5.11. The van der Waals surface area contributed by atoms with Crippen molar-refractivity contribution in [3.05, 3.63) is 35.9 Å². The zero-order chi connectivity index (χ0) is 17.2. The summed E-state index contributed by atoms with van der Waals surface area (Å²) < 4.78 is 5.54. The van der Waals surface area contributed by atoms with E-state index in [-0.39, 0.29) is 6.09 Å². The molecule has 0 aliphatic carbocycles. The quantitative estimate of drug-likeness (QED) is 0.827. The molecular formula is C20H30N2O2. The second kappa shape index (κ2) is 7.14. The van der Waals surface area contributed by atoms with Gasteiger partial charge in [0.1, 0.15) is 5.60 Å². The molecule has 132 valence electrons. The van der Waals surface area contributed by atoms with Gasteiger partial charge >= 0.3 is 6.09 Å². The molecule has 0 bridgehead atoms. The molecule has 24 heavy (non-hydrogen) atoms. The Bertz CT molecular complexity index is 537. The zero-order valence-corrected chi connectivity index (χ0v) is 15.2. The monoisotopic (exact) mass is 330 g/mol. The van der Waals surface area contributed by atoms with Crippen LogP contribution in [0.5, 0.6) is 0 Å². The zero-order valence-electron chi connectivity index (χ0n) is 15.2. The molecule has 0 unspecified atom stereocenters. The predicted molar refractivity (Wildman–Crippen MR) is 95.7 cm³/mol. The van der Waals surface area contributed by atoms with E-state index in [1.165, 1.54) is 18.4 Å². The second-order valence-corrected chi connectivity index (χ2v) is 8.24. The fourth-order valence-corrected chi connectivity index (χ4v) is 3.88. The van der Waals surface area contributed by atoms with Crippen LogP contribution in [0.3, 0.4) is 0 Å². The fraction of sp³-hybridized carbons (Fsp3) is 0.650. The first kappa shape index (κ1) is 17.3. The highest BCUT2D eigenvalue weighted by atomic mass is 16.6. The maximum absolute atomic E-state index is 12.3. The normalized spacial score (nSPS) is 25.2. The van der Waals surface area contributed by atoms with Gasteiger partial charge in [-0.2, -0.15) is 0 Å². The average Bonchev–Trinajstić information content (AvgIpc) is 2.84. The number of likely N-dealkylation sites (tertiary alicyclic amines) is 2. The van der Waals surface area contributed by atoms with Gasteiger partial charge in [0.15, 0.2) is 0 Å². The van der Waals surface area contributed by atoms with Crippen LogP contribution < -0.4 is 0 Å². The van der Waals surface area contributed by atoms with Crippen LogP contribution in [-0.2, 0) is 11.3 Å². The van der Waals surface area contributed by atoms with Crippen molar-refractivity contribution in [3.63, 3.8) is 0 Å². The number of fused-ring (bicyclic) bond motifs is 1. The maximum Gasteiger partial charge on any atom is 0.410 e. The molecule has 1 aromatic rings. The topological polar surface area (TPSA) is 32.8 Å². The Labute approximate surface area is 145 Å². The van der Waals surface area contributed by atoms with Gasteiger partial charge in [0.2, 0.25) is 0 Å². The Morgan fingerprint density at radius 1 is 1.08 bits per heavy atom. The smallest absolute Gasteiger partial charge is 0.410 e. The summed E-state index contributed by atoms with van der Waals surface area (Å²) in [5.41, 5.74) is 0.980. The van der Waals surface area contributed by atoms with Crippen molar-refractivity contribution in [2.24, 2.45) is 11.8 Å². The summed E-state index contributed by atoms with van der Waals surface area (Å²) in [5.74, 6) is 1.25. The van der Waals surface area contributed by atoms with Crippen molar-refractivity contribution in [1.82, 2.24) is 9.80 Å². The summed E-state index contributed by atoms with van der Waals surface area (Å²) >= 11 is 0. The SMILES string of the molecule is CC(C)(C)OC(=O)N1C[C@H]2CCN(Cc3ccccc3)CC[C@H]2C1. The average molecular weight is 330 g/mol. The molecule has 3 rings (SSSR count). The Hall–Kier alpha value is -1.55. The highest BCUT2D eigenvalue weighted by molar-refractivity contribution is 5.68. The molecule has 2 saturated heterocycles. The third-order valence-electron chi connectivity index (χ3n) is 5.11. The van der Waals surface area contributed by atoms with Gasteiger partial charge in [0.25, 0.3) is 0 Å². The molecule has 0 radical (unpaired) electrons. The van der Waals surface area contributed by atoms with Gasteiger partial charge in [-0.1, -0.05) is 30.3 Å². The summed E-state index contributed by atoms with van der Waals surface area (Å²) in [7, 11) is 0. The Balaban J connectivity index is 1.52. The van der Waals surface area contributed by atoms with Gasteiger partial charge < -0.3 is 9.64 Å². The van der Waals surface area contributed by atoms with E-state index in [1.807, 2.05) is 25.7 Å². The number of hydrogen-bond acceptors (Lipinski definition) is 3. The van der Waals surface area contributed by atoms with E-state index in [0.717, 1.165) is 32.7 Å². The highest BCUT2D eigenvalue weighted by Crippen LogP contribution is 2.32. The number of rotatable bonds is 2.